The van der Waals surface area contributed by atoms with Crippen LogP contribution in [0.25, 0.3) is 0 Å². The fraction of sp³-hybridized carbons (Fsp3) is 0.444. The minimum atomic E-state index is 1.27. The van der Waals surface area contributed by atoms with Crippen LogP contribution < -0.4 is 0 Å². The van der Waals surface area contributed by atoms with E-state index in [9.17, 15) is 0 Å². The van der Waals surface area contributed by atoms with Gasteiger partial charge in [-0.3, -0.25) is 0 Å². The summed E-state index contributed by atoms with van der Waals surface area (Å²) in [6.45, 7) is 16.5. The monoisotopic (exact) mass is 244 g/mol. The summed E-state index contributed by atoms with van der Waals surface area (Å²) in [6, 6.07) is 4.85. The van der Waals surface area contributed by atoms with Crippen molar-refractivity contribution < 1.29 is 0 Å². The highest BCUT2D eigenvalue weighted by Crippen LogP contribution is 2.27. The molecule has 1 aromatic carbocycles. The molecule has 0 nitrogen and oxygen atoms in total. The number of hydrogen-bond donors (Lipinski definition) is 0. The van der Waals surface area contributed by atoms with Gasteiger partial charge in [-0.1, -0.05) is 25.5 Å². The van der Waals surface area contributed by atoms with Gasteiger partial charge in [0.05, 0.1) is 0 Å². The Kier molecular flexibility index (Phi) is 9.00. The van der Waals surface area contributed by atoms with E-state index in [1.165, 1.54) is 44.1 Å². The average Bonchev–Trinajstić information content (AvgIpc) is 2.90. The van der Waals surface area contributed by atoms with Crippen LogP contribution in [0.1, 0.15) is 48.4 Å². The van der Waals surface area contributed by atoms with E-state index in [1.807, 2.05) is 0 Å². The summed E-state index contributed by atoms with van der Waals surface area (Å²) in [4.78, 5) is 0. The smallest absolute Gasteiger partial charge is 0.0270 e. The first kappa shape index (κ1) is 16.7. The van der Waals surface area contributed by atoms with Crippen molar-refractivity contribution in [3.63, 3.8) is 0 Å². The van der Waals surface area contributed by atoms with E-state index in [1.54, 1.807) is 16.7 Å². The zero-order valence-electron chi connectivity index (χ0n) is 12.2. The zero-order chi connectivity index (χ0) is 14.0. The number of aryl methyl sites for hydroxylation is 3. The lowest BCUT2D eigenvalue weighted by atomic mass is 9.98. The predicted octanol–water partition coefficient (Wildman–Crippen LogP) is 5.43. The van der Waals surface area contributed by atoms with Crippen molar-refractivity contribution in [1.29, 1.82) is 0 Å². The van der Waals surface area contributed by atoms with Crippen LogP contribution in [0.5, 0.6) is 0 Å². The summed E-state index contributed by atoms with van der Waals surface area (Å²) in [6.07, 6.45) is 7.90. The number of hydrogen-bond acceptors (Lipinski definition) is 0. The van der Waals surface area contributed by atoms with Crippen LogP contribution in [0.2, 0.25) is 0 Å². The lowest BCUT2D eigenvalue weighted by Crippen LogP contribution is -1.93. The molecule has 2 rings (SSSR count). The van der Waals surface area contributed by atoms with E-state index in [-0.39, 0.29) is 0 Å². The SMILES string of the molecule is C=C.C=C.CCCCc1cc(C)c2c(c1)CCC2. The zero-order valence-corrected chi connectivity index (χ0v) is 12.2. The van der Waals surface area contributed by atoms with Crippen molar-refractivity contribution in [3.05, 3.63) is 60.7 Å². The summed E-state index contributed by atoms with van der Waals surface area (Å²) in [7, 11) is 0. The molecule has 0 fully saturated rings. The second kappa shape index (κ2) is 9.70. The van der Waals surface area contributed by atoms with Gasteiger partial charge in [0.15, 0.2) is 0 Å². The summed E-state index contributed by atoms with van der Waals surface area (Å²) in [5.41, 5.74) is 6.37. The molecule has 0 aromatic heterocycles. The predicted molar refractivity (Wildman–Crippen MR) is 84.3 cm³/mol. The summed E-state index contributed by atoms with van der Waals surface area (Å²) < 4.78 is 0. The third kappa shape index (κ3) is 4.52. The normalized spacial score (nSPS) is 11.7. The van der Waals surface area contributed by atoms with E-state index in [0.29, 0.717) is 0 Å². The van der Waals surface area contributed by atoms with Gasteiger partial charge in [0.2, 0.25) is 0 Å². The fourth-order valence-corrected chi connectivity index (χ4v) is 2.53. The Balaban J connectivity index is 0.000000659. The highest BCUT2D eigenvalue weighted by molar-refractivity contribution is 5.41. The molecular weight excluding hydrogens is 216 g/mol. The minimum absolute atomic E-state index is 1.27. The quantitative estimate of drug-likeness (QED) is 0.622. The first-order valence-corrected chi connectivity index (χ1v) is 6.92. The second-order valence-electron chi connectivity index (χ2n) is 4.51. The molecule has 0 unspecified atom stereocenters. The molecule has 0 atom stereocenters. The Morgan fingerprint density at radius 1 is 1.06 bits per heavy atom. The van der Waals surface area contributed by atoms with Gasteiger partial charge in [-0.15, -0.1) is 26.3 Å². The van der Waals surface area contributed by atoms with Crippen molar-refractivity contribution in [2.24, 2.45) is 0 Å². The Morgan fingerprint density at radius 2 is 1.72 bits per heavy atom. The van der Waals surface area contributed by atoms with Gasteiger partial charge in [0, 0.05) is 0 Å². The Bertz CT molecular complexity index is 347. The van der Waals surface area contributed by atoms with Crippen LogP contribution in [-0.2, 0) is 19.3 Å². The van der Waals surface area contributed by atoms with Crippen LogP contribution >= 0.6 is 0 Å². The highest BCUT2D eigenvalue weighted by atomic mass is 14.2. The summed E-state index contributed by atoms with van der Waals surface area (Å²) in [5, 5.41) is 0. The molecule has 100 valence electrons. The lowest BCUT2D eigenvalue weighted by molar-refractivity contribution is 0.793. The Morgan fingerprint density at radius 3 is 2.33 bits per heavy atom. The van der Waals surface area contributed by atoms with E-state index < -0.39 is 0 Å². The molecular formula is C18H28. The van der Waals surface area contributed by atoms with Crippen LogP contribution in [0, 0.1) is 6.92 Å². The third-order valence-corrected chi connectivity index (χ3v) is 3.32. The molecule has 0 saturated heterocycles. The molecule has 0 N–H and O–H groups in total. The van der Waals surface area contributed by atoms with Crippen LogP contribution in [-0.4, -0.2) is 0 Å². The van der Waals surface area contributed by atoms with E-state index in [4.69, 9.17) is 0 Å². The molecule has 0 spiro atoms. The number of unbranched alkanes of at least 4 members (excludes halogenated alkanes) is 1. The van der Waals surface area contributed by atoms with Gasteiger partial charge in [-0.05, 0) is 61.3 Å². The van der Waals surface area contributed by atoms with E-state index >= 15 is 0 Å². The fourth-order valence-electron chi connectivity index (χ4n) is 2.53. The number of benzene rings is 1. The van der Waals surface area contributed by atoms with Gasteiger partial charge in [-0.25, -0.2) is 0 Å². The first-order chi connectivity index (χ1) is 8.81. The highest BCUT2D eigenvalue weighted by Gasteiger charge is 2.13. The molecule has 1 aromatic rings. The Labute approximate surface area is 113 Å². The van der Waals surface area contributed by atoms with Crippen molar-refractivity contribution in [2.45, 2.75) is 52.4 Å². The van der Waals surface area contributed by atoms with E-state index in [2.05, 4.69) is 52.3 Å². The van der Waals surface area contributed by atoms with Crippen LogP contribution in [0.4, 0.5) is 0 Å². The first-order valence-electron chi connectivity index (χ1n) is 6.92. The summed E-state index contributed by atoms with van der Waals surface area (Å²) >= 11 is 0. The molecule has 0 radical (unpaired) electrons. The van der Waals surface area contributed by atoms with E-state index in [0.717, 1.165) is 0 Å². The van der Waals surface area contributed by atoms with Crippen molar-refractivity contribution in [1.82, 2.24) is 0 Å². The average molecular weight is 244 g/mol. The second-order valence-corrected chi connectivity index (χ2v) is 4.51. The van der Waals surface area contributed by atoms with Gasteiger partial charge in [0.1, 0.15) is 0 Å². The number of rotatable bonds is 3. The molecule has 0 bridgehead atoms. The maximum atomic E-state index is 3.00. The maximum absolute atomic E-state index is 3.00. The molecule has 0 aliphatic heterocycles. The molecule has 0 heteroatoms. The standard InChI is InChI=1S/C14H20.2C2H4/c1-3-4-6-12-9-11(2)14-8-5-7-13(14)10-12;2*1-2/h9-10H,3-8H2,1-2H3;2*1-2H2. The van der Waals surface area contributed by atoms with Crippen molar-refractivity contribution in [2.75, 3.05) is 0 Å². The molecule has 0 saturated carbocycles. The van der Waals surface area contributed by atoms with Gasteiger partial charge in [0.25, 0.3) is 0 Å². The van der Waals surface area contributed by atoms with Crippen LogP contribution in [0.3, 0.4) is 0 Å². The van der Waals surface area contributed by atoms with Gasteiger partial charge >= 0.3 is 0 Å². The minimum Gasteiger partial charge on any atom is -0.106 e. The maximum Gasteiger partial charge on any atom is -0.0270 e. The third-order valence-electron chi connectivity index (χ3n) is 3.32. The molecule has 0 heterocycles. The summed E-state index contributed by atoms with van der Waals surface area (Å²) in [5.74, 6) is 0. The Hall–Kier alpha value is -1.30. The molecule has 0 amide bonds. The molecule has 18 heavy (non-hydrogen) atoms. The molecule has 1 aliphatic carbocycles. The lowest BCUT2D eigenvalue weighted by Gasteiger charge is -2.08. The number of fused-ring (bicyclic) bond motifs is 1. The van der Waals surface area contributed by atoms with Crippen LogP contribution in [0.15, 0.2) is 38.4 Å². The largest absolute Gasteiger partial charge is 0.106 e. The topological polar surface area (TPSA) is 0 Å². The van der Waals surface area contributed by atoms with Gasteiger partial charge < -0.3 is 0 Å². The molecule has 1 aliphatic rings. The van der Waals surface area contributed by atoms with Crippen molar-refractivity contribution in [3.8, 4) is 0 Å². The van der Waals surface area contributed by atoms with Crippen molar-refractivity contribution >= 4 is 0 Å². The van der Waals surface area contributed by atoms with Gasteiger partial charge in [-0.2, -0.15) is 0 Å².